The zero-order valence-electron chi connectivity index (χ0n) is 16.0. The number of carbonyl (C=O) groups is 1. The lowest BCUT2D eigenvalue weighted by molar-refractivity contribution is 0.102. The highest BCUT2D eigenvalue weighted by Crippen LogP contribution is 2.34. The van der Waals surface area contributed by atoms with Crippen molar-refractivity contribution < 1.29 is 9.21 Å². The van der Waals surface area contributed by atoms with Crippen LogP contribution >= 0.6 is 11.3 Å². The maximum Gasteiger partial charge on any atom is 0.256 e. The van der Waals surface area contributed by atoms with Crippen molar-refractivity contribution in [3.8, 4) is 0 Å². The third-order valence-electron chi connectivity index (χ3n) is 5.77. The Bertz CT molecular complexity index is 1190. The smallest absolute Gasteiger partial charge is 0.256 e. The summed E-state index contributed by atoms with van der Waals surface area (Å²) < 4.78 is 6.08. The Balaban J connectivity index is 1.48. The van der Waals surface area contributed by atoms with E-state index in [4.69, 9.17) is 4.42 Å². The molecule has 4 aromatic rings. The van der Waals surface area contributed by atoms with Gasteiger partial charge in [0.2, 0.25) is 0 Å². The molecule has 2 heterocycles. The molecule has 1 amide bonds. The average Bonchev–Trinajstić information content (AvgIpc) is 3.31. The number of hydrogen-bond acceptors (Lipinski definition) is 4. The first-order valence-electron chi connectivity index (χ1n) is 9.57. The number of amides is 1. The molecule has 142 valence electrons. The highest BCUT2D eigenvalue weighted by molar-refractivity contribution is 7.09. The fourth-order valence-electron chi connectivity index (χ4n) is 4.17. The van der Waals surface area contributed by atoms with Crippen LogP contribution in [0.4, 0.5) is 5.69 Å². The summed E-state index contributed by atoms with van der Waals surface area (Å²) in [5.74, 6) is 1.02. The lowest BCUT2D eigenvalue weighted by Crippen LogP contribution is -2.33. The highest BCUT2D eigenvalue weighted by Gasteiger charge is 2.25. The Morgan fingerprint density at radius 1 is 1.18 bits per heavy atom. The number of nitrogens with zero attached hydrogens (tertiary/aromatic N) is 1. The molecule has 0 spiro atoms. The van der Waals surface area contributed by atoms with Crippen LogP contribution in [0.25, 0.3) is 21.7 Å². The molecule has 2 aromatic heterocycles. The Hall–Kier alpha value is -2.63. The first-order valence-corrected chi connectivity index (χ1v) is 10.5. The number of hydrogen-bond donors (Lipinski definition) is 1. The predicted molar refractivity (Wildman–Crippen MR) is 115 cm³/mol. The Kier molecular flexibility index (Phi) is 4.22. The van der Waals surface area contributed by atoms with Crippen molar-refractivity contribution in [1.82, 2.24) is 4.90 Å². The summed E-state index contributed by atoms with van der Waals surface area (Å²) >= 11 is 1.62. The summed E-state index contributed by atoms with van der Waals surface area (Å²) in [5, 5.41) is 10.4. The zero-order chi connectivity index (χ0) is 19.3. The number of rotatable bonds is 3. The SMILES string of the molecule is CN(C)C1CCc2oc3ccc(NC(=O)c4cccc5cscc45)cc3c2C1. The number of anilines is 1. The molecule has 5 rings (SSSR count). The van der Waals surface area contributed by atoms with E-state index in [0.717, 1.165) is 52.5 Å². The molecule has 28 heavy (non-hydrogen) atoms. The standard InChI is InChI=1S/C23H22N2O2S/c1-25(2)16-7-9-22-19(11-16)18-10-15(6-8-21(18)27-22)24-23(26)17-5-3-4-14-12-28-13-20(14)17/h3-6,8,10,12-13,16H,7,9,11H2,1-2H3,(H,24,26). The van der Waals surface area contributed by atoms with Gasteiger partial charge in [0.05, 0.1) is 0 Å². The molecule has 1 unspecified atom stereocenters. The summed E-state index contributed by atoms with van der Waals surface area (Å²) in [6, 6.07) is 12.3. The first kappa shape index (κ1) is 17.5. The van der Waals surface area contributed by atoms with Gasteiger partial charge in [-0.15, -0.1) is 0 Å². The molecule has 0 saturated carbocycles. The van der Waals surface area contributed by atoms with Gasteiger partial charge in [-0.1, -0.05) is 12.1 Å². The van der Waals surface area contributed by atoms with Crippen LogP contribution in [0.5, 0.6) is 0 Å². The van der Waals surface area contributed by atoms with Crippen molar-refractivity contribution in [1.29, 1.82) is 0 Å². The third-order valence-corrected chi connectivity index (χ3v) is 6.53. The van der Waals surface area contributed by atoms with Gasteiger partial charge in [0.1, 0.15) is 11.3 Å². The van der Waals surface area contributed by atoms with Gasteiger partial charge >= 0.3 is 0 Å². The van der Waals surface area contributed by atoms with Gasteiger partial charge in [-0.2, -0.15) is 11.3 Å². The van der Waals surface area contributed by atoms with Crippen molar-refractivity contribution in [2.45, 2.75) is 25.3 Å². The Morgan fingerprint density at radius 3 is 2.93 bits per heavy atom. The van der Waals surface area contributed by atoms with Crippen LogP contribution < -0.4 is 5.32 Å². The number of carbonyl (C=O) groups excluding carboxylic acids is 1. The molecule has 0 aliphatic heterocycles. The fraction of sp³-hybridized carbons (Fsp3) is 0.261. The van der Waals surface area contributed by atoms with Crippen molar-refractivity contribution >= 4 is 44.7 Å². The molecule has 2 aromatic carbocycles. The van der Waals surface area contributed by atoms with Crippen molar-refractivity contribution in [3.63, 3.8) is 0 Å². The number of thiophene rings is 1. The van der Waals surface area contributed by atoms with E-state index in [0.29, 0.717) is 11.6 Å². The highest BCUT2D eigenvalue weighted by atomic mass is 32.1. The van der Waals surface area contributed by atoms with E-state index in [-0.39, 0.29) is 5.91 Å². The maximum absolute atomic E-state index is 12.9. The minimum absolute atomic E-state index is 0.0770. The van der Waals surface area contributed by atoms with Gasteiger partial charge in [0.25, 0.3) is 5.91 Å². The molecule has 4 nitrogen and oxygen atoms in total. The van der Waals surface area contributed by atoms with E-state index in [9.17, 15) is 4.79 Å². The number of benzene rings is 2. The second-order valence-corrected chi connectivity index (χ2v) is 8.45. The largest absolute Gasteiger partial charge is 0.461 e. The van der Waals surface area contributed by atoms with E-state index in [2.05, 4.69) is 35.8 Å². The summed E-state index contributed by atoms with van der Waals surface area (Å²) in [4.78, 5) is 15.2. The molecule has 0 radical (unpaired) electrons. The molecule has 0 bridgehead atoms. The quantitative estimate of drug-likeness (QED) is 0.515. The second kappa shape index (κ2) is 6.76. The summed E-state index contributed by atoms with van der Waals surface area (Å²) in [6.07, 6.45) is 3.07. The zero-order valence-corrected chi connectivity index (χ0v) is 16.8. The maximum atomic E-state index is 12.9. The lowest BCUT2D eigenvalue weighted by atomic mass is 9.91. The van der Waals surface area contributed by atoms with Crippen LogP contribution in [0, 0.1) is 0 Å². The Labute approximate surface area is 167 Å². The number of likely N-dealkylation sites (N-methyl/N-ethyl adjacent to an activating group) is 1. The summed E-state index contributed by atoms with van der Waals surface area (Å²) in [6.45, 7) is 0. The van der Waals surface area contributed by atoms with E-state index >= 15 is 0 Å². The van der Waals surface area contributed by atoms with Crippen molar-refractivity contribution in [2.75, 3.05) is 19.4 Å². The number of furan rings is 1. The summed E-state index contributed by atoms with van der Waals surface area (Å²) in [5.41, 5.74) is 3.71. The molecule has 1 aliphatic carbocycles. The summed E-state index contributed by atoms with van der Waals surface area (Å²) in [7, 11) is 4.27. The molecule has 5 heteroatoms. The topological polar surface area (TPSA) is 45.5 Å². The van der Waals surface area contributed by atoms with E-state index in [1.54, 1.807) is 11.3 Å². The van der Waals surface area contributed by atoms with E-state index < -0.39 is 0 Å². The minimum Gasteiger partial charge on any atom is -0.461 e. The van der Waals surface area contributed by atoms with Gasteiger partial charge < -0.3 is 14.6 Å². The van der Waals surface area contributed by atoms with Crippen LogP contribution in [-0.2, 0) is 12.8 Å². The molecule has 0 fully saturated rings. The lowest BCUT2D eigenvalue weighted by Gasteiger charge is -2.27. The third kappa shape index (κ3) is 2.91. The van der Waals surface area contributed by atoms with Gasteiger partial charge in [0, 0.05) is 40.0 Å². The van der Waals surface area contributed by atoms with Crippen LogP contribution in [0.1, 0.15) is 28.1 Å². The Morgan fingerprint density at radius 2 is 2.07 bits per heavy atom. The van der Waals surface area contributed by atoms with Gasteiger partial charge in [0.15, 0.2) is 0 Å². The van der Waals surface area contributed by atoms with Gasteiger partial charge in [-0.3, -0.25) is 4.79 Å². The van der Waals surface area contributed by atoms with Crippen LogP contribution in [-0.4, -0.2) is 30.9 Å². The van der Waals surface area contributed by atoms with Gasteiger partial charge in [-0.25, -0.2) is 0 Å². The average molecular weight is 391 g/mol. The monoisotopic (exact) mass is 390 g/mol. The number of nitrogens with one attached hydrogen (secondary N) is 1. The molecule has 1 aliphatic rings. The normalized spacial score (nSPS) is 16.6. The van der Waals surface area contributed by atoms with Crippen LogP contribution in [0.3, 0.4) is 0 Å². The van der Waals surface area contributed by atoms with Crippen LogP contribution in [0.15, 0.2) is 51.6 Å². The second-order valence-electron chi connectivity index (χ2n) is 7.71. The minimum atomic E-state index is -0.0770. The first-order chi connectivity index (χ1) is 13.6. The van der Waals surface area contributed by atoms with E-state index in [1.807, 2.05) is 35.7 Å². The predicted octanol–water partition coefficient (Wildman–Crippen LogP) is 5.32. The van der Waals surface area contributed by atoms with Crippen LogP contribution in [0.2, 0.25) is 0 Å². The molecule has 0 saturated heterocycles. The van der Waals surface area contributed by atoms with Crippen molar-refractivity contribution in [2.24, 2.45) is 0 Å². The van der Waals surface area contributed by atoms with E-state index in [1.165, 1.54) is 5.56 Å². The molecule has 1 atom stereocenters. The number of fused-ring (bicyclic) bond motifs is 4. The number of aryl methyl sites for hydroxylation is 1. The van der Waals surface area contributed by atoms with Crippen molar-refractivity contribution in [3.05, 3.63) is 64.0 Å². The van der Waals surface area contributed by atoms with Gasteiger partial charge in [-0.05, 0) is 67.3 Å². The molecule has 1 N–H and O–H groups in total. The molecular formula is C23H22N2O2S. The fourth-order valence-corrected chi connectivity index (χ4v) is 4.99. The molecular weight excluding hydrogens is 368 g/mol.